The predicted molar refractivity (Wildman–Crippen MR) is 95.8 cm³/mol. The van der Waals surface area contributed by atoms with Gasteiger partial charge in [0, 0.05) is 0 Å². The fourth-order valence-corrected chi connectivity index (χ4v) is 1.11. The zero-order valence-corrected chi connectivity index (χ0v) is 14.6. The van der Waals surface area contributed by atoms with Crippen LogP contribution in [0.1, 0.15) is 26.5 Å². The van der Waals surface area contributed by atoms with Crippen LogP contribution in [0, 0.1) is 0 Å². The number of hydrogen-bond acceptors (Lipinski definition) is 6. The summed E-state index contributed by atoms with van der Waals surface area (Å²) >= 11 is 3.12. The largest absolute Gasteiger partial charge is 0.382 e. The molecule has 2 aromatic rings. The van der Waals surface area contributed by atoms with E-state index in [1.165, 1.54) is 5.57 Å². The van der Waals surface area contributed by atoms with Gasteiger partial charge in [0.15, 0.2) is 0 Å². The van der Waals surface area contributed by atoms with Gasteiger partial charge < -0.3 is 11.5 Å². The Balaban J connectivity index is 0.000000330. The maximum Gasteiger partial charge on any atom is 0.146 e. The Morgan fingerprint density at radius 2 is 1.32 bits per heavy atom. The van der Waals surface area contributed by atoms with Crippen LogP contribution in [0.2, 0.25) is 0 Å². The molecule has 0 spiro atoms. The number of aromatic nitrogens is 4. The summed E-state index contributed by atoms with van der Waals surface area (Å²) in [7, 11) is 0. The lowest BCUT2D eigenvalue weighted by atomic mass is 10.2. The van der Waals surface area contributed by atoms with Crippen LogP contribution >= 0.6 is 15.9 Å². The van der Waals surface area contributed by atoms with Gasteiger partial charge in [-0.1, -0.05) is 12.2 Å². The van der Waals surface area contributed by atoms with Crippen LogP contribution < -0.4 is 11.5 Å². The molecule has 2 aromatic heterocycles. The van der Waals surface area contributed by atoms with E-state index in [1.807, 2.05) is 20.8 Å². The maximum absolute atomic E-state index is 5.32. The van der Waals surface area contributed by atoms with Gasteiger partial charge in [0.25, 0.3) is 0 Å². The lowest BCUT2D eigenvalue weighted by molar-refractivity contribution is 1.02. The summed E-state index contributed by atoms with van der Waals surface area (Å²) in [5.41, 5.74) is 13.4. The third kappa shape index (κ3) is 10.5. The molecule has 0 bridgehead atoms. The molecule has 118 valence electrons. The van der Waals surface area contributed by atoms with E-state index in [4.69, 9.17) is 11.5 Å². The number of rotatable bonds is 1. The van der Waals surface area contributed by atoms with Gasteiger partial charge in [-0.2, -0.15) is 0 Å². The molecule has 0 fully saturated rings. The molecule has 7 heteroatoms. The van der Waals surface area contributed by atoms with Gasteiger partial charge in [-0.15, -0.1) is 27.0 Å². The second-order valence-electron chi connectivity index (χ2n) is 4.61. The number of allylic oxidation sites excluding steroid dienone is 2. The number of nitrogens with zero attached hydrogens (tertiary/aromatic N) is 4. The van der Waals surface area contributed by atoms with Crippen molar-refractivity contribution in [2.45, 2.75) is 20.8 Å². The van der Waals surface area contributed by atoms with E-state index >= 15 is 0 Å². The van der Waals surface area contributed by atoms with Crippen molar-refractivity contribution >= 4 is 33.1 Å². The van der Waals surface area contributed by atoms with E-state index in [2.05, 4.69) is 49.5 Å². The van der Waals surface area contributed by atoms with E-state index in [0.29, 0.717) is 16.2 Å². The fraction of sp³-hybridized carbons (Fsp3) is 0.200. The van der Waals surface area contributed by atoms with Gasteiger partial charge in [-0.25, -0.2) is 0 Å². The highest BCUT2D eigenvalue weighted by atomic mass is 79.9. The molecule has 0 saturated heterocycles. The van der Waals surface area contributed by atoms with E-state index in [-0.39, 0.29) is 0 Å². The van der Waals surface area contributed by atoms with Crippen LogP contribution in [-0.2, 0) is 0 Å². The molecule has 0 atom stereocenters. The zero-order valence-electron chi connectivity index (χ0n) is 13.0. The van der Waals surface area contributed by atoms with Crippen LogP contribution in [0.4, 0.5) is 11.6 Å². The van der Waals surface area contributed by atoms with Crippen LogP contribution in [0.15, 0.2) is 47.6 Å². The standard InChI is InChI=1S/C7H9N3.C4H4BrN3.C4H8/c1-5(2)6-3-4-7(8)10-9-6;5-3-1-2-4(6)8-7-3;1-4(2)3/h3-4H,1H2,2H3,(H2,8,10);1-2H,(H2,6,8);1H2,2-3H3. The van der Waals surface area contributed by atoms with E-state index in [1.54, 1.807) is 24.3 Å². The third-order valence-electron chi connectivity index (χ3n) is 1.78. The molecule has 0 radical (unpaired) electrons. The topological polar surface area (TPSA) is 104 Å². The maximum atomic E-state index is 5.32. The first-order valence-corrected chi connectivity index (χ1v) is 7.13. The molecular formula is C15H21BrN6. The molecule has 4 N–H and O–H groups in total. The monoisotopic (exact) mass is 364 g/mol. The Bertz CT molecular complexity index is 567. The number of nitrogens with two attached hydrogens (primary N) is 2. The average Bonchev–Trinajstić information content (AvgIpc) is 2.43. The highest BCUT2D eigenvalue weighted by Gasteiger charge is 1.93. The number of anilines is 2. The molecule has 0 saturated carbocycles. The first-order chi connectivity index (χ1) is 10.2. The van der Waals surface area contributed by atoms with Gasteiger partial charge in [-0.3, -0.25) is 0 Å². The molecule has 0 aliphatic heterocycles. The molecule has 6 nitrogen and oxygen atoms in total. The number of halogens is 1. The van der Waals surface area contributed by atoms with Crippen molar-refractivity contribution in [2.24, 2.45) is 0 Å². The van der Waals surface area contributed by atoms with Gasteiger partial charge in [-0.05, 0) is 66.5 Å². The summed E-state index contributed by atoms with van der Waals surface area (Å²) in [6.07, 6.45) is 0. The molecule has 0 unspecified atom stereocenters. The van der Waals surface area contributed by atoms with Crippen molar-refractivity contribution in [3.05, 3.63) is 53.3 Å². The second-order valence-corrected chi connectivity index (χ2v) is 5.42. The Morgan fingerprint density at radius 3 is 1.59 bits per heavy atom. The molecule has 22 heavy (non-hydrogen) atoms. The number of hydrogen-bond donors (Lipinski definition) is 2. The van der Waals surface area contributed by atoms with Crippen molar-refractivity contribution in [2.75, 3.05) is 11.5 Å². The minimum atomic E-state index is 0.435. The molecular weight excluding hydrogens is 344 g/mol. The Kier molecular flexibility index (Phi) is 9.36. The van der Waals surface area contributed by atoms with E-state index in [0.717, 1.165) is 11.3 Å². The minimum Gasteiger partial charge on any atom is -0.382 e. The fourth-order valence-electron chi connectivity index (χ4n) is 0.897. The lowest BCUT2D eigenvalue weighted by Crippen LogP contribution is -1.94. The molecule has 2 heterocycles. The molecule has 2 rings (SSSR count). The molecule has 0 aliphatic carbocycles. The summed E-state index contributed by atoms with van der Waals surface area (Å²) in [5, 5.41) is 14.7. The minimum absolute atomic E-state index is 0.435. The van der Waals surface area contributed by atoms with Gasteiger partial charge in [0.05, 0.1) is 5.69 Å². The predicted octanol–water partition coefficient (Wildman–Crippen LogP) is 3.50. The van der Waals surface area contributed by atoms with Crippen molar-refractivity contribution in [3.8, 4) is 0 Å². The smallest absolute Gasteiger partial charge is 0.146 e. The van der Waals surface area contributed by atoms with Crippen LogP contribution in [0.5, 0.6) is 0 Å². The zero-order chi connectivity index (χ0) is 17.1. The van der Waals surface area contributed by atoms with Gasteiger partial charge >= 0.3 is 0 Å². The molecule has 0 aromatic carbocycles. The Labute approximate surface area is 139 Å². The van der Waals surface area contributed by atoms with Crippen molar-refractivity contribution < 1.29 is 0 Å². The van der Waals surface area contributed by atoms with Crippen molar-refractivity contribution in [1.29, 1.82) is 0 Å². The van der Waals surface area contributed by atoms with Crippen molar-refractivity contribution in [3.63, 3.8) is 0 Å². The number of nitrogen functional groups attached to an aromatic ring is 2. The summed E-state index contributed by atoms with van der Waals surface area (Å²) in [4.78, 5) is 0. The highest BCUT2D eigenvalue weighted by Crippen LogP contribution is 2.06. The summed E-state index contributed by atoms with van der Waals surface area (Å²) in [6, 6.07) is 6.92. The average molecular weight is 365 g/mol. The Morgan fingerprint density at radius 1 is 0.864 bits per heavy atom. The summed E-state index contributed by atoms with van der Waals surface area (Å²) < 4.78 is 0.701. The van der Waals surface area contributed by atoms with Crippen LogP contribution in [0.25, 0.3) is 5.57 Å². The quantitative estimate of drug-likeness (QED) is 0.750. The second kappa shape index (κ2) is 10.4. The van der Waals surface area contributed by atoms with E-state index < -0.39 is 0 Å². The summed E-state index contributed by atoms with van der Waals surface area (Å²) in [6.45, 7) is 13.1. The van der Waals surface area contributed by atoms with Gasteiger partial charge in [0.2, 0.25) is 0 Å². The first-order valence-electron chi connectivity index (χ1n) is 6.34. The SMILES string of the molecule is C=C(C)C.C=C(C)c1ccc(N)nn1.Nc1ccc(Br)nn1. The molecule has 0 amide bonds. The Hall–Kier alpha value is -2.28. The normalized spacial score (nSPS) is 8.73. The first kappa shape index (κ1) is 19.7. The van der Waals surface area contributed by atoms with Crippen LogP contribution in [-0.4, -0.2) is 20.4 Å². The lowest BCUT2D eigenvalue weighted by Gasteiger charge is -1.95. The highest BCUT2D eigenvalue weighted by molar-refractivity contribution is 9.10. The van der Waals surface area contributed by atoms with Crippen molar-refractivity contribution in [1.82, 2.24) is 20.4 Å². The van der Waals surface area contributed by atoms with Crippen LogP contribution in [0.3, 0.4) is 0 Å². The van der Waals surface area contributed by atoms with Gasteiger partial charge in [0.1, 0.15) is 16.2 Å². The summed E-state index contributed by atoms with van der Waals surface area (Å²) in [5.74, 6) is 0.873. The third-order valence-corrected chi connectivity index (χ3v) is 2.20. The molecule has 0 aliphatic rings. The van der Waals surface area contributed by atoms with E-state index in [9.17, 15) is 0 Å².